The lowest BCUT2D eigenvalue weighted by Crippen LogP contribution is -2.48. The number of hydrogen-bond donors (Lipinski definition) is 2. The molecule has 0 bridgehead atoms. The number of ether oxygens (including phenoxy) is 1. The van der Waals surface area contributed by atoms with Crippen molar-refractivity contribution in [3.05, 3.63) is 64.1 Å². The molecular formula is C18H21BrN2O2. The van der Waals surface area contributed by atoms with Gasteiger partial charge in [0.15, 0.2) is 0 Å². The number of rotatable bonds is 6. The molecule has 5 heteroatoms. The van der Waals surface area contributed by atoms with Crippen LogP contribution in [0, 0.1) is 0 Å². The maximum absolute atomic E-state index is 12.5. The molecule has 0 saturated heterocycles. The molecule has 0 spiro atoms. The molecular weight excluding hydrogens is 356 g/mol. The van der Waals surface area contributed by atoms with E-state index in [0.717, 1.165) is 21.3 Å². The van der Waals surface area contributed by atoms with Crippen molar-refractivity contribution in [2.45, 2.75) is 25.9 Å². The van der Waals surface area contributed by atoms with Crippen LogP contribution in [-0.4, -0.2) is 12.5 Å². The van der Waals surface area contributed by atoms with E-state index in [9.17, 15) is 4.79 Å². The van der Waals surface area contributed by atoms with Crippen molar-refractivity contribution in [2.24, 2.45) is 5.73 Å². The van der Waals surface area contributed by atoms with E-state index < -0.39 is 5.54 Å². The van der Waals surface area contributed by atoms with Crippen LogP contribution in [0.3, 0.4) is 0 Å². The van der Waals surface area contributed by atoms with Gasteiger partial charge in [-0.05, 0) is 49.2 Å². The van der Waals surface area contributed by atoms with Gasteiger partial charge in [-0.3, -0.25) is 4.79 Å². The summed E-state index contributed by atoms with van der Waals surface area (Å²) in [4.78, 5) is 12.5. The molecule has 0 radical (unpaired) electrons. The van der Waals surface area contributed by atoms with Crippen LogP contribution in [-0.2, 0) is 16.9 Å². The van der Waals surface area contributed by atoms with E-state index >= 15 is 0 Å². The van der Waals surface area contributed by atoms with E-state index in [4.69, 9.17) is 10.5 Å². The standard InChI is InChI=1S/C18H21BrN2O2/c1-3-23-16-6-4-5-13(11-16)12-21-17(22)18(2,20)14-7-9-15(19)10-8-14/h4-11H,3,12,20H2,1-2H3,(H,21,22). The molecule has 1 amide bonds. The van der Waals surface area contributed by atoms with Crippen LogP contribution in [0.4, 0.5) is 0 Å². The zero-order chi connectivity index (χ0) is 16.9. The molecule has 0 fully saturated rings. The van der Waals surface area contributed by atoms with Crippen molar-refractivity contribution in [3.63, 3.8) is 0 Å². The van der Waals surface area contributed by atoms with Crippen LogP contribution in [0.5, 0.6) is 5.75 Å². The highest BCUT2D eigenvalue weighted by Crippen LogP contribution is 2.21. The highest BCUT2D eigenvalue weighted by atomic mass is 79.9. The van der Waals surface area contributed by atoms with E-state index in [2.05, 4.69) is 21.2 Å². The molecule has 1 atom stereocenters. The Balaban J connectivity index is 2.03. The lowest BCUT2D eigenvalue weighted by molar-refractivity contribution is -0.126. The molecule has 0 heterocycles. The molecule has 0 aliphatic carbocycles. The highest BCUT2D eigenvalue weighted by Gasteiger charge is 2.30. The Morgan fingerprint density at radius 3 is 2.61 bits per heavy atom. The Morgan fingerprint density at radius 2 is 1.96 bits per heavy atom. The molecule has 0 saturated carbocycles. The number of benzene rings is 2. The Morgan fingerprint density at radius 1 is 1.26 bits per heavy atom. The Bertz CT molecular complexity index is 669. The Hall–Kier alpha value is -1.85. The van der Waals surface area contributed by atoms with E-state index in [1.807, 2.05) is 55.5 Å². The van der Waals surface area contributed by atoms with Crippen LogP contribution in [0.15, 0.2) is 53.0 Å². The van der Waals surface area contributed by atoms with Crippen molar-refractivity contribution in [1.29, 1.82) is 0 Å². The summed E-state index contributed by atoms with van der Waals surface area (Å²) in [6.07, 6.45) is 0. The maximum atomic E-state index is 12.5. The Labute approximate surface area is 145 Å². The third-order valence-electron chi connectivity index (χ3n) is 3.58. The van der Waals surface area contributed by atoms with Gasteiger partial charge in [-0.1, -0.05) is 40.2 Å². The highest BCUT2D eigenvalue weighted by molar-refractivity contribution is 9.10. The largest absolute Gasteiger partial charge is 0.494 e. The van der Waals surface area contributed by atoms with E-state index in [1.54, 1.807) is 6.92 Å². The van der Waals surface area contributed by atoms with Crippen molar-refractivity contribution in [3.8, 4) is 5.75 Å². The molecule has 122 valence electrons. The number of nitrogens with two attached hydrogens (primary N) is 1. The molecule has 2 aromatic rings. The number of amides is 1. The fraction of sp³-hybridized carbons (Fsp3) is 0.278. The van der Waals surface area contributed by atoms with Crippen molar-refractivity contribution in [2.75, 3.05) is 6.61 Å². The number of halogens is 1. The topological polar surface area (TPSA) is 64.3 Å². The summed E-state index contributed by atoms with van der Waals surface area (Å²) in [7, 11) is 0. The smallest absolute Gasteiger partial charge is 0.244 e. The van der Waals surface area contributed by atoms with E-state index in [1.165, 1.54) is 0 Å². The molecule has 0 aromatic heterocycles. The monoisotopic (exact) mass is 376 g/mol. The lowest BCUT2D eigenvalue weighted by Gasteiger charge is -2.24. The molecule has 4 nitrogen and oxygen atoms in total. The maximum Gasteiger partial charge on any atom is 0.244 e. The minimum absolute atomic E-state index is 0.221. The first-order chi connectivity index (χ1) is 10.9. The van der Waals surface area contributed by atoms with Gasteiger partial charge in [-0.25, -0.2) is 0 Å². The summed E-state index contributed by atoms with van der Waals surface area (Å²) in [5, 5.41) is 2.89. The number of carbonyl (C=O) groups is 1. The second-order valence-electron chi connectivity index (χ2n) is 5.47. The predicted molar refractivity (Wildman–Crippen MR) is 95.1 cm³/mol. The van der Waals surface area contributed by atoms with Crippen molar-refractivity contribution >= 4 is 21.8 Å². The second kappa shape index (κ2) is 7.62. The number of nitrogens with one attached hydrogen (secondary N) is 1. The first kappa shape index (κ1) is 17.5. The minimum Gasteiger partial charge on any atom is -0.494 e. The minimum atomic E-state index is -1.09. The van der Waals surface area contributed by atoms with Gasteiger partial charge < -0.3 is 15.8 Å². The summed E-state index contributed by atoms with van der Waals surface area (Å²) in [5.41, 5.74) is 6.87. The summed E-state index contributed by atoms with van der Waals surface area (Å²) in [6, 6.07) is 15.1. The first-order valence-electron chi connectivity index (χ1n) is 7.48. The van der Waals surface area contributed by atoms with Crippen LogP contribution >= 0.6 is 15.9 Å². The zero-order valence-electron chi connectivity index (χ0n) is 13.3. The molecule has 1 unspecified atom stereocenters. The van der Waals surface area contributed by atoms with Gasteiger partial charge in [0.05, 0.1) is 6.61 Å². The van der Waals surface area contributed by atoms with Gasteiger partial charge >= 0.3 is 0 Å². The van der Waals surface area contributed by atoms with Crippen molar-refractivity contribution < 1.29 is 9.53 Å². The zero-order valence-corrected chi connectivity index (χ0v) is 14.9. The fourth-order valence-electron chi connectivity index (χ4n) is 2.21. The molecule has 0 aliphatic heterocycles. The molecule has 2 rings (SSSR count). The van der Waals surface area contributed by atoms with E-state index in [-0.39, 0.29) is 5.91 Å². The average Bonchev–Trinajstić information content (AvgIpc) is 2.53. The predicted octanol–water partition coefficient (Wildman–Crippen LogP) is 3.34. The quantitative estimate of drug-likeness (QED) is 0.812. The van der Waals surface area contributed by atoms with Crippen LogP contribution in [0.1, 0.15) is 25.0 Å². The van der Waals surface area contributed by atoms with E-state index in [0.29, 0.717) is 13.2 Å². The lowest BCUT2D eigenvalue weighted by atomic mass is 9.92. The molecule has 0 aliphatic rings. The third kappa shape index (κ3) is 4.56. The van der Waals surface area contributed by atoms with Crippen molar-refractivity contribution in [1.82, 2.24) is 5.32 Å². The normalized spacial score (nSPS) is 13.2. The summed E-state index contributed by atoms with van der Waals surface area (Å²) in [5.74, 6) is 0.573. The SMILES string of the molecule is CCOc1cccc(CNC(=O)C(C)(N)c2ccc(Br)cc2)c1. The number of hydrogen-bond acceptors (Lipinski definition) is 3. The first-order valence-corrected chi connectivity index (χ1v) is 8.27. The summed E-state index contributed by atoms with van der Waals surface area (Å²) in [6.45, 7) is 4.66. The van der Waals surface area contributed by atoms with Gasteiger partial charge in [-0.15, -0.1) is 0 Å². The van der Waals surface area contributed by atoms with Gasteiger partial charge in [0.25, 0.3) is 0 Å². The summed E-state index contributed by atoms with van der Waals surface area (Å²) >= 11 is 3.38. The number of carbonyl (C=O) groups excluding carboxylic acids is 1. The molecule has 3 N–H and O–H groups in total. The van der Waals surface area contributed by atoms with Gasteiger partial charge in [-0.2, -0.15) is 0 Å². The van der Waals surface area contributed by atoms with Crippen LogP contribution in [0.25, 0.3) is 0 Å². The molecule has 23 heavy (non-hydrogen) atoms. The average molecular weight is 377 g/mol. The second-order valence-corrected chi connectivity index (χ2v) is 6.39. The van der Waals surface area contributed by atoms with Crippen LogP contribution < -0.4 is 15.8 Å². The van der Waals surface area contributed by atoms with Crippen LogP contribution in [0.2, 0.25) is 0 Å². The molecule has 2 aromatic carbocycles. The van der Waals surface area contributed by atoms with Gasteiger partial charge in [0.1, 0.15) is 11.3 Å². The van der Waals surface area contributed by atoms with Gasteiger partial charge in [0.2, 0.25) is 5.91 Å². The van der Waals surface area contributed by atoms with Gasteiger partial charge in [0, 0.05) is 11.0 Å². The Kier molecular flexibility index (Phi) is 5.80. The summed E-state index contributed by atoms with van der Waals surface area (Å²) < 4.78 is 6.41. The fourth-order valence-corrected chi connectivity index (χ4v) is 2.47. The third-order valence-corrected chi connectivity index (χ3v) is 4.11.